The van der Waals surface area contributed by atoms with E-state index in [0.717, 1.165) is 12.1 Å². The van der Waals surface area contributed by atoms with Gasteiger partial charge in [-0.25, -0.2) is 12.8 Å². The summed E-state index contributed by atoms with van der Waals surface area (Å²) in [6.07, 6.45) is 0. The van der Waals surface area contributed by atoms with Crippen LogP contribution in [-0.4, -0.2) is 13.6 Å². The molecule has 6 nitrogen and oxygen atoms in total. The zero-order chi connectivity index (χ0) is 14.2. The zero-order valence-electron chi connectivity index (χ0n) is 10.3. The average molecular weight is 285 g/mol. The van der Waals surface area contributed by atoms with Crippen LogP contribution in [-0.2, 0) is 10.0 Å². The Morgan fingerprint density at radius 2 is 2.00 bits per heavy atom. The summed E-state index contributed by atoms with van der Waals surface area (Å²) >= 11 is 0. The van der Waals surface area contributed by atoms with Crippen LogP contribution in [0.15, 0.2) is 27.6 Å². The highest BCUT2D eigenvalue weighted by atomic mass is 32.2. The third-order valence-corrected chi connectivity index (χ3v) is 3.85. The van der Waals surface area contributed by atoms with Gasteiger partial charge in [-0.3, -0.25) is 4.72 Å². The van der Waals surface area contributed by atoms with Gasteiger partial charge in [0.2, 0.25) is 0 Å². The van der Waals surface area contributed by atoms with Crippen LogP contribution >= 0.6 is 0 Å². The minimum absolute atomic E-state index is 0.0175. The third kappa shape index (κ3) is 2.68. The van der Waals surface area contributed by atoms with Crippen LogP contribution < -0.4 is 10.5 Å². The van der Waals surface area contributed by atoms with Gasteiger partial charge >= 0.3 is 0 Å². The van der Waals surface area contributed by atoms with E-state index in [1.807, 2.05) is 0 Å². The molecule has 0 aliphatic carbocycles. The molecule has 0 saturated carbocycles. The molecule has 3 N–H and O–H groups in total. The molecular weight excluding hydrogens is 273 g/mol. The van der Waals surface area contributed by atoms with Crippen LogP contribution in [0.4, 0.5) is 15.9 Å². The second-order valence-corrected chi connectivity index (χ2v) is 5.72. The van der Waals surface area contributed by atoms with Crippen molar-refractivity contribution in [1.29, 1.82) is 0 Å². The summed E-state index contributed by atoms with van der Waals surface area (Å²) in [5.41, 5.74) is 6.25. The van der Waals surface area contributed by atoms with E-state index in [4.69, 9.17) is 10.3 Å². The molecular formula is C11H12FN3O3S. The molecule has 19 heavy (non-hydrogen) atoms. The standard InChI is InChI=1S/C11H12FN3O3S/c1-6-3-8(12)10(5-9(6)13)19(16,17)15-11-4-7(2)18-14-11/h3-5H,13H2,1-2H3,(H,14,15). The van der Waals surface area contributed by atoms with Crippen LogP contribution in [0.25, 0.3) is 0 Å². The first-order chi connectivity index (χ1) is 8.79. The Balaban J connectivity index is 2.42. The number of hydrogen-bond donors (Lipinski definition) is 2. The number of aromatic nitrogens is 1. The molecule has 0 amide bonds. The van der Waals surface area contributed by atoms with Gasteiger partial charge in [-0.1, -0.05) is 5.16 Å². The lowest BCUT2D eigenvalue weighted by Gasteiger charge is -2.08. The van der Waals surface area contributed by atoms with Gasteiger partial charge < -0.3 is 10.3 Å². The van der Waals surface area contributed by atoms with E-state index in [2.05, 4.69) is 9.88 Å². The summed E-state index contributed by atoms with van der Waals surface area (Å²) in [5, 5.41) is 3.48. The molecule has 0 spiro atoms. The number of anilines is 2. The Bertz CT molecular complexity index is 725. The number of nitrogens with two attached hydrogens (primary N) is 1. The number of benzene rings is 1. The Labute approximate surface area is 109 Å². The molecule has 8 heteroatoms. The number of aryl methyl sites for hydroxylation is 2. The number of sulfonamides is 1. The summed E-state index contributed by atoms with van der Waals surface area (Å²) in [6.45, 7) is 3.19. The maximum Gasteiger partial charge on any atom is 0.266 e. The molecule has 0 atom stereocenters. The molecule has 0 aliphatic rings. The Morgan fingerprint density at radius 1 is 1.32 bits per heavy atom. The molecule has 2 rings (SSSR count). The van der Waals surface area contributed by atoms with E-state index >= 15 is 0 Å². The summed E-state index contributed by atoms with van der Waals surface area (Å²) in [7, 11) is -4.10. The quantitative estimate of drug-likeness (QED) is 0.838. The van der Waals surface area contributed by atoms with Crippen molar-refractivity contribution in [3.05, 3.63) is 35.3 Å². The van der Waals surface area contributed by atoms with Crippen molar-refractivity contribution >= 4 is 21.5 Å². The van der Waals surface area contributed by atoms with Crippen LogP contribution in [0, 0.1) is 19.7 Å². The summed E-state index contributed by atoms with van der Waals surface area (Å²) < 4.78 is 44.6. The maximum atomic E-state index is 13.7. The molecule has 0 fully saturated rings. The van der Waals surface area contributed by atoms with Crippen molar-refractivity contribution in [3.63, 3.8) is 0 Å². The van der Waals surface area contributed by atoms with Crippen molar-refractivity contribution in [2.24, 2.45) is 0 Å². The topological polar surface area (TPSA) is 98.2 Å². The molecule has 2 aromatic rings. The Hall–Kier alpha value is -2.09. The van der Waals surface area contributed by atoms with Crippen molar-refractivity contribution in [3.8, 4) is 0 Å². The van der Waals surface area contributed by atoms with Gasteiger partial charge in [-0.2, -0.15) is 0 Å². The van der Waals surface area contributed by atoms with Crippen LogP contribution in [0.2, 0.25) is 0 Å². The molecule has 102 valence electrons. The fraction of sp³-hybridized carbons (Fsp3) is 0.182. The number of nitrogen functional groups attached to an aromatic ring is 1. The predicted molar refractivity (Wildman–Crippen MR) is 67.6 cm³/mol. The maximum absolute atomic E-state index is 13.7. The predicted octanol–water partition coefficient (Wildman–Crippen LogP) is 1.81. The Morgan fingerprint density at radius 3 is 2.58 bits per heavy atom. The van der Waals surface area contributed by atoms with Gasteiger partial charge in [-0.05, 0) is 31.5 Å². The fourth-order valence-corrected chi connectivity index (χ4v) is 2.56. The van der Waals surface area contributed by atoms with E-state index in [-0.39, 0.29) is 11.5 Å². The molecule has 1 aromatic heterocycles. The highest BCUT2D eigenvalue weighted by molar-refractivity contribution is 7.92. The first-order valence-corrected chi connectivity index (χ1v) is 6.79. The molecule has 0 radical (unpaired) electrons. The SMILES string of the molecule is Cc1cc(NS(=O)(=O)c2cc(N)c(C)cc2F)no1. The monoisotopic (exact) mass is 285 g/mol. The molecule has 1 aromatic carbocycles. The number of nitrogens with zero attached hydrogens (tertiary/aromatic N) is 1. The number of hydrogen-bond acceptors (Lipinski definition) is 5. The van der Waals surface area contributed by atoms with E-state index in [1.54, 1.807) is 13.8 Å². The third-order valence-electron chi connectivity index (χ3n) is 2.48. The van der Waals surface area contributed by atoms with Crippen LogP contribution in [0.1, 0.15) is 11.3 Å². The second-order valence-electron chi connectivity index (χ2n) is 4.07. The summed E-state index contributed by atoms with van der Waals surface area (Å²) in [4.78, 5) is -0.531. The van der Waals surface area contributed by atoms with Crippen LogP contribution in [0.3, 0.4) is 0 Å². The second kappa shape index (κ2) is 4.54. The smallest absolute Gasteiger partial charge is 0.266 e. The van der Waals surface area contributed by atoms with Gasteiger partial charge in [0.25, 0.3) is 10.0 Å². The molecule has 0 saturated heterocycles. The van der Waals surface area contributed by atoms with Crippen molar-refractivity contribution in [1.82, 2.24) is 5.16 Å². The molecule has 1 heterocycles. The minimum atomic E-state index is -4.10. The largest absolute Gasteiger partial charge is 0.398 e. The highest BCUT2D eigenvalue weighted by Gasteiger charge is 2.21. The minimum Gasteiger partial charge on any atom is -0.398 e. The summed E-state index contributed by atoms with van der Waals surface area (Å²) in [6, 6.07) is 3.52. The fourth-order valence-electron chi connectivity index (χ4n) is 1.48. The van der Waals surface area contributed by atoms with Crippen molar-refractivity contribution < 1.29 is 17.3 Å². The van der Waals surface area contributed by atoms with E-state index < -0.39 is 20.7 Å². The molecule has 0 aliphatic heterocycles. The van der Waals surface area contributed by atoms with Gasteiger partial charge in [-0.15, -0.1) is 0 Å². The van der Waals surface area contributed by atoms with Gasteiger partial charge in [0.15, 0.2) is 5.82 Å². The van der Waals surface area contributed by atoms with Gasteiger partial charge in [0.1, 0.15) is 16.5 Å². The zero-order valence-corrected chi connectivity index (χ0v) is 11.1. The normalized spacial score (nSPS) is 11.5. The number of nitrogens with one attached hydrogen (secondary N) is 1. The number of halogens is 1. The highest BCUT2D eigenvalue weighted by Crippen LogP contribution is 2.23. The molecule has 0 bridgehead atoms. The first-order valence-electron chi connectivity index (χ1n) is 5.31. The van der Waals surface area contributed by atoms with Gasteiger partial charge in [0, 0.05) is 11.8 Å². The lowest BCUT2D eigenvalue weighted by atomic mass is 10.2. The molecule has 0 unspecified atom stereocenters. The van der Waals surface area contributed by atoms with Crippen LogP contribution in [0.5, 0.6) is 0 Å². The van der Waals surface area contributed by atoms with E-state index in [9.17, 15) is 12.8 Å². The van der Waals surface area contributed by atoms with Crippen molar-refractivity contribution in [2.75, 3.05) is 10.5 Å². The summed E-state index contributed by atoms with van der Waals surface area (Å²) in [5.74, 6) is -0.461. The lowest BCUT2D eigenvalue weighted by Crippen LogP contribution is -2.15. The van der Waals surface area contributed by atoms with E-state index in [0.29, 0.717) is 11.3 Å². The van der Waals surface area contributed by atoms with Gasteiger partial charge in [0.05, 0.1) is 0 Å². The lowest BCUT2D eigenvalue weighted by molar-refractivity contribution is 0.400. The Kier molecular flexibility index (Phi) is 3.19. The first kappa shape index (κ1) is 13.3. The van der Waals surface area contributed by atoms with Crippen molar-refractivity contribution in [2.45, 2.75) is 18.7 Å². The van der Waals surface area contributed by atoms with E-state index in [1.165, 1.54) is 6.07 Å². The number of rotatable bonds is 3. The average Bonchev–Trinajstić information content (AvgIpc) is 2.68.